The van der Waals surface area contributed by atoms with Crippen LogP contribution in [0, 0.1) is 28.5 Å². The smallest absolute Gasteiger partial charge is 0.144 e. The maximum atomic E-state index is 14.8. The number of nitrogens with zero attached hydrogens (tertiary/aromatic N) is 1. The molecular weight excluding hydrogens is 301 g/mol. The van der Waals surface area contributed by atoms with Crippen molar-refractivity contribution >= 4 is 5.78 Å². The monoisotopic (exact) mass is 331 g/mol. The van der Waals surface area contributed by atoms with Crippen molar-refractivity contribution in [3.63, 3.8) is 0 Å². The van der Waals surface area contributed by atoms with Crippen molar-refractivity contribution in [1.82, 2.24) is 0 Å². The van der Waals surface area contributed by atoms with Crippen LogP contribution in [-0.2, 0) is 17.6 Å². The normalized spacial score (nSPS) is 11.9. The van der Waals surface area contributed by atoms with Gasteiger partial charge in [-0.15, -0.1) is 0 Å². The first-order valence-corrected chi connectivity index (χ1v) is 8.72. The van der Waals surface area contributed by atoms with E-state index >= 15 is 0 Å². The first kappa shape index (κ1) is 20.4. The van der Waals surface area contributed by atoms with Crippen LogP contribution < -0.4 is 0 Å². The summed E-state index contributed by atoms with van der Waals surface area (Å²) >= 11 is 0. The Kier molecular flexibility index (Phi) is 6.72. The minimum atomic E-state index is -0.460. The van der Waals surface area contributed by atoms with Crippen molar-refractivity contribution < 1.29 is 9.18 Å². The summed E-state index contributed by atoms with van der Waals surface area (Å²) in [6, 6.07) is 3.60. The van der Waals surface area contributed by atoms with Crippen molar-refractivity contribution in [1.29, 1.82) is 5.26 Å². The first-order chi connectivity index (χ1) is 11.0. The molecule has 132 valence electrons. The molecule has 0 saturated heterocycles. The molecule has 0 N–H and O–H groups in total. The number of hydrogen-bond acceptors (Lipinski definition) is 2. The van der Waals surface area contributed by atoms with E-state index in [-0.39, 0.29) is 29.1 Å². The molecule has 2 nitrogen and oxygen atoms in total. The third kappa shape index (κ3) is 5.44. The Balaban J connectivity index is 3.45. The molecule has 0 fully saturated rings. The quantitative estimate of drug-likeness (QED) is 0.684. The largest absolute Gasteiger partial charge is 0.299 e. The van der Waals surface area contributed by atoms with Crippen molar-refractivity contribution in [3.8, 4) is 6.07 Å². The molecule has 0 aliphatic rings. The first-order valence-electron chi connectivity index (χ1n) is 8.72. The molecule has 0 radical (unpaired) electrons. The predicted octanol–water partition coefficient (Wildman–Crippen LogP) is 5.57. The Labute approximate surface area is 146 Å². The number of hydrogen-bond donors (Lipinski definition) is 0. The number of ketones is 1. The van der Waals surface area contributed by atoms with Crippen LogP contribution in [-0.4, -0.2) is 5.78 Å². The number of Topliss-reactive ketones (excluding diaryl/α,β-unsaturated/α-hetero) is 1. The van der Waals surface area contributed by atoms with E-state index in [2.05, 4.69) is 13.8 Å². The zero-order chi connectivity index (χ0) is 18.7. The number of carbonyl (C=O) groups excluding carboxylic acids is 1. The SMILES string of the molecule is CC(C)Cc1cc(C#N)c(F)c(C(C)C)c1CC(=O)CC(C)(C)C. The van der Waals surface area contributed by atoms with Crippen LogP contribution >= 0.6 is 0 Å². The van der Waals surface area contributed by atoms with Gasteiger partial charge in [0.2, 0.25) is 0 Å². The van der Waals surface area contributed by atoms with Gasteiger partial charge in [-0.3, -0.25) is 4.79 Å². The second-order valence-electron chi connectivity index (χ2n) is 8.61. The van der Waals surface area contributed by atoms with E-state index in [1.165, 1.54) is 0 Å². The summed E-state index contributed by atoms with van der Waals surface area (Å²) in [5.41, 5.74) is 2.27. The van der Waals surface area contributed by atoms with Gasteiger partial charge in [0.15, 0.2) is 0 Å². The van der Waals surface area contributed by atoms with Gasteiger partial charge in [0.1, 0.15) is 17.7 Å². The highest BCUT2D eigenvalue weighted by Gasteiger charge is 2.24. The summed E-state index contributed by atoms with van der Waals surface area (Å²) in [6.07, 6.45) is 1.45. The fourth-order valence-corrected chi connectivity index (χ4v) is 3.14. The Bertz CT molecular complexity index is 645. The lowest BCUT2D eigenvalue weighted by Gasteiger charge is -2.22. The van der Waals surface area contributed by atoms with Crippen LogP contribution in [0.15, 0.2) is 6.07 Å². The van der Waals surface area contributed by atoms with Crippen molar-refractivity contribution in [2.24, 2.45) is 11.3 Å². The summed E-state index contributed by atoms with van der Waals surface area (Å²) < 4.78 is 14.8. The van der Waals surface area contributed by atoms with Gasteiger partial charge in [-0.05, 0) is 46.4 Å². The molecule has 1 aromatic rings. The van der Waals surface area contributed by atoms with Gasteiger partial charge in [0.25, 0.3) is 0 Å². The molecule has 0 aromatic heterocycles. The maximum Gasteiger partial charge on any atom is 0.144 e. The van der Waals surface area contributed by atoms with E-state index < -0.39 is 5.82 Å². The van der Waals surface area contributed by atoms with Gasteiger partial charge in [-0.1, -0.05) is 48.5 Å². The highest BCUT2D eigenvalue weighted by Crippen LogP contribution is 2.31. The van der Waals surface area contributed by atoms with Crippen LogP contribution in [0.5, 0.6) is 0 Å². The van der Waals surface area contributed by atoms with Crippen LogP contribution in [0.4, 0.5) is 4.39 Å². The highest BCUT2D eigenvalue weighted by molar-refractivity contribution is 5.82. The summed E-state index contributed by atoms with van der Waals surface area (Å²) in [4.78, 5) is 12.5. The molecule has 0 aliphatic carbocycles. The maximum absolute atomic E-state index is 14.8. The van der Waals surface area contributed by atoms with Crippen molar-refractivity contribution in [2.75, 3.05) is 0 Å². The van der Waals surface area contributed by atoms with Gasteiger partial charge in [-0.2, -0.15) is 5.26 Å². The molecule has 1 aromatic carbocycles. The van der Waals surface area contributed by atoms with E-state index in [1.54, 1.807) is 6.07 Å². The molecular formula is C21H30FNO. The summed E-state index contributed by atoms with van der Waals surface area (Å²) in [7, 11) is 0. The molecule has 0 bridgehead atoms. The summed E-state index contributed by atoms with van der Waals surface area (Å²) in [5, 5.41) is 9.25. The molecule has 0 aliphatic heterocycles. The molecule has 0 heterocycles. The Hall–Kier alpha value is -1.69. The fraction of sp³-hybridized carbons (Fsp3) is 0.619. The van der Waals surface area contributed by atoms with Gasteiger partial charge >= 0.3 is 0 Å². The standard InChI is InChI=1S/C21H30FNO/c1-13(2)8-15-9-16(12-23)20(22)19(14(3)4)18(15)10-17(24)11-21(5,6)7/h9,13-14H,8,10-11H2,1-7H3. The Morgan fingerprint density at radius 1 is 1.25 bits per heavy atom. The molecule has 3 heteroatoms. The number of carbonyl (C=O) groups is 1. The van der Waals surface area contributed by atoms with Gasteiger partial charge in [-0.25, -0.2) is 4.39 Å². The molecule has 0 saturated carbocycles. The average molecular weight is 331 g/mol. The van der Waals surface area contributed by atoms with Crippen LogP contribution in [0.25, 0.3) is 0 Å². The van der Waals surface area contributed by atoms with Gasteiger partial charge in [0, 0.05) is 12.8 Å². The predicted molar refractivity (Wildman–Crippen MR) is 96.5 cm³/mol. The zero-order valence-corrected chi connectivity index (χ0v) is 16.1. The number of benzene rings is 1. The van der Waals surface area contributed by atoms with Crippen LogP contribution in [0.2, 0.25) is 0 Å². The number of nitriles is 1. The minimum absolute atomic E-state index is 0.0679. The molecule has 24 heavy (non-hydrogen) atoms. The average Bonchev–Trinajstić information content (AvgIpc) is 2.38. The molecule has 0 unspecified atom stereocenters. The van der Waals surface area contributed by atoms with E-state index in [0.717, 1.165) is 17.5 Å². The minimum Gasteiger partial charge on any atom is -0.299 e. The van der Waals surface area contributed by atoms with Crippen molar-refractivity contribution in [2.45, 2.75) is 73.6 Å². The van der Waals surface area contributed by atoms with Crippen LogP contribution in [0.1, 0.15) is 83.1 Å². The third-order valence-electron chi connectivity index (χ3n) is 3.93. The second-order valence-corrected chi connectivity index (χ2v) is 8.61. The lowest BCUT2D eigenvalue weighted by atomic mass is 9.82. The number of halogens is 1. The lowest BCUT2D eigenvalue weighted by molar-refractivity contribution is -0.120. The third-order valence-corrected chi connectivity index (χ3v) is 3.93. The van der Waals surface area contributed by atoms with Gasteiger partial charge in [0.05, 0.1) is 5.56 Å². The van der Waals surface area contributed by atoms with Gasteiger partial charge < -0.3 is 0 Å². The lowest BCUT2D eigenvalue weighted by Crippen LogP contribution is -2.18. The molecule has 0 atom stereocenters. The van der Waals surface area contributed by atoms with E-state index in [4.69, 9.17) is 0 Å². The Morgan fingerprint density at radius 2 is 1.83 bits per heavy atom. The second kappa shape index (κ2) is 7.92. The highest BCUT2D eigenvalue weighted by atomic mass is 19.1. The van der Waals surface area contributed by atoms with Crippen molar-refractivity contribution in [3.05, 3.63) is 34.1 Å². The topological polar surface area (TPSA) is 40.9 Å². The molecule has 0 amide bonds. The fourth-order valence-electron chi connectivity index (χ4n) is 3.14. The van der Waals surface area contributed by atoms with E-state index in [1.807, 2.05) is 40.7 Å². The molecule has 0 spiro atoms. The Morgan fingerprint density at radius 3 is 2.25 bits per heavy atom. The molecule has 1 rings (SSSR count). The summed E-state index contributed by atoms with van der Waals surface area (Å²) in [6.45, 7) is 14.1. The van der Waals surface area contributed by atoms with E-state index in [9.17, 15) is 14.4 Å². The zero-order valence-electron chi connectivity index (χ0n) is 16.1. The number of rotatable bonds is 6. The van der Waals surface area contributed by atoms with Crippen LogP contribution in [0.3, 0.4) is 0 Å². The summed E-state index contributed by atoms with van der Waals surface area (Å²) in [5.74, 6) is -0.0304. The van der Waals surface area contributed by atoms with E-state index in [0.29, 0.717) is 17.9 Å².